The van der Waals surface area contributed by atoms with Crippen molar-refractivity contribution in [1.82, 2.24) is 5.32 Å². The molecular formula is C19H18FNO2. The first-order valence-corrected chi connectivity index (χ1v) is 7.58. The summed E-state index contributed by atoms with van der Waals surface area (Å²) in [7, 11) is 0. The summed E-state index contributed by atoms with van der Waals surface area (Å²) < 4.78 is 19.2. The molecule has 3 rings (SSSR count). The maximum atomic E-state index is 13.8. The maximum absolute atomic E-state index is 13.8. The molecule has 3 nitrogen and oxygen atoms in total. The number of para-hydroxylation sites is 1. The second-order valence-electron chi connectivity index (χ2n) is 5.69. The summed E-state index contributed by atoms with van der Waals surface area (Å²) in [6, 6.07) is 14.6. The van der Waals surface area contributed by atoms with Crippen molar-refractivity contribution in [2.24, 2.45) is 0 Å². The van der Waals surface area contributed by atoms with Gasteiger partial charge in [0.05, 0.1) is 0 Å². The number of carbonyl (C=O) groups is 1. The van der Waals surface area contributed by atoms with Gasteiger partial charge in [0.1, 0.15) is 0 Å². The Bertz CT molecular complexity index is 839. The van der Waals surface area contributed by atoms with Crippen molar-refractivity contribution in [1.29, 1.82) is 0 Å². The number of aryl methyl sites for hydroxylation is 1. The monoisotopic (exact) mass is 311 g/mol. The normalized spacial score (nSPS) is 12.3. The summed E-state index contributed by atoms with van der Waals surface area (Å²) in [6.45, 7) is 4.30. The molecule has 2 aromatic carbocycles. The SMILES string of the molecule is Cc1c(C(=O)NC[C@@H](C)c2ccccc2)oc2c(F)cccc12. The number of nitrogens with one attached hydrogen (secondary N) is 1. The highest BCUT2D eigenvalue weighted by atomic mass is 19.1. The first-order chi connectivity index (χ1) is 11.1. The van der Waals surface area contributed by atoms with Crippen molar-refractivity contribution in [3.63, 3.8) is 0 Å². The standard InChI is InChI=1S/C19H18FNO2/c1-12(14-7-4-3-5-8-14)11-21-19(22)17-13(2)15-9-6-10-16(20)18(15)23-17/h3-10,12H,11H2,1-2H3,(H,21,22)/t12-/m1/s1. The molecule has 1 amide bonds. The quantitative estimate of drug-likeness (QED) is 0.775. The van der Waals surface area contributed by atoms with E-state index in [-0.39, 0.29) is 23.2 Å². The lowest BCUT2D eigenvalue weighted by molar-refractivity contribution is 0.0925. The molecule has 0 unspecified atom stereocenters. The van der Waals surface area contributed by atoms with E-state index in [1.807, 2.05) is 37.3 Å². The lowest BCUT2D eigenvalue weighted by Crippen LogP contribution is -2.27. The number of hydrogen-bond donors (Lipinski definition) is 1. The second kappa shape index (κ2) is 6.24. The molecule has 0 bridgehead atoms. The lowest BCUT2D eigenvalue weighted by Gasteiger charge is -2.12. The summed E-state index contributed by atoms with van der Waals surface area (Å²) in [5.41, 5.74) is 1.94. The molecule has 0 saturated heterocycles. The van der Waals surface area contributed by atoms with Crippen LogP contribution in [0.15, 0.2) is 52.9 Å². The van der Waals surface area contributed by atoms with Crippen LogP contribution in [-0.4, -0.2) is 12.5 Å². The van der Waals surface area contributed by atoms with Crippen LogP contribution in [0, 0.1) is 12.7 Å². The molecular weight excluding hydrogens is 293 g/mol. The summed E-state index contributed by atoms with van der Waals surface area (Å²) in [6.07, 6.45) is 0. The van der Waals surface area contributed by atoms with Gasteiger partial charge in [-0.3, -0.25) is 4.79 Å². The van der Waals surface area contributed by atoms with E-state index < -0.39 is 5.82 Å². The molecule has 0 fully saturated rings. The van der Waals surface area contributed by atoms with E-state index in [4.69, 9.17) is 4.42 Å². The number of fused-ring (bicyclic) bond motifs is 1. The molecule has 23 heavy (non-hydrogen) atoms. The van der Waals surface area contributed by atoms with Crippen molar-refractivity contribution in [3.8, 4) is 0 Å². The van der Waals surface area contributed by atoms with Crippen LogP contribution >= 0.6 is 0 Å². The molecule has 0 spiro atoms. The van der Waals surface area contributed by atoms with Gasteiger partial charge < -0.3 is 9.73 Å². The Hall–Kier alpha value is -2.62. The van der Waals surface area contributed by atoms with Crippen LogP contribution in [0.25, 0.3) is 11.0 Å². The van der Waals surface area contributed by atoms with Crippen molar-refractivity contribution in [2.75, 3.05) is 6.54 Å². The van der Waals surface area contributed by atoms with Gasteiger partial charge in [0.2, 0.25) is 0 Å². The predicted octanol–water partition coefficient (Wildman–Crippen LogP) is 4.41. The van der Waals surface area contributed by atoms with Gasteiger partial charge in [-0.25, -0.2) is 4.39 Å². The van der Waals surface area contributed by atoms with Gasteiger partial charge >= 0.3 is 0 Å². The first-order valence-electron chi connectivity index (χ1n) is 7.58. The average Bonchev–Trinajstić information content (AvgIpc) is 2.92. The number of benzene rings is 2. The number of furan rings is 1. The fourth-order valence-corrected chi connectivity index (χ4v) is 2.65. The van der Waals surface area contributed by atoms with Gasteiger partial charge in [-0.15, -0.1) is 0 Å². The van der Waals surface area contributed by atoms with E-state index >= 15 is 0 Å². The third-order valence-corrected chi connectivity index (χ3v) is 4.06. The fourth-order valence-electron chi connectivity index (χ4n) is 2.65. The summed E-state index contributed by atoms with van der Waals surface area (Å²) in [4.78, 5) is 12.4. The van der Waals surface area contributed by atoms with Gasteiger partial charge in [0.15, 0.2) is 17.2 Å². The van der Waals surface area contributed by atoms with Crippen LogP contribution in [0.4, 0.5) is 4.39 Å². The highest BCUT2D eigenvalue weighted by Crippen LogP contribution is 2.27. The molecule has 0 aliphatic heterocycles. The average molecular weight is 311 g/mol. The molecule has 1 N–H and O–H groups in total. The topological polar surface area (TPSA) is 42.2 Å². The van der Waals surface area contributed by atoms with E-state index in [0.29, 0.717) is 17.5 Å². The zero-order chi connectivity index (χ0) is 16.4. The van der Waals surface area contributed by atoms with Crippen molar-refractivity contribution in [2.45, 2.75) is 19.8 Å². The predicted molar refractivity (Wildman–Crippen MR) is 88.1 cm³/mol. The highest BCUT2D eigenvalue weighted by molar-refractivity contribution is 5.99. The summed E-state index contributed by atoms with van der Waals surface area (Å²) in [5.74, 6) is -0.421. The van der Waals surface area contributed by atoms with E-state index in [0.717, 1.165) is 5.56 Å². The third-order valence-electron chi connectivity index (χ3n) is 4.06. The smallest absolute Gasteiger partial charge is 0.287 e. The summed E-state index contributed by atoms with van der Waals surface area (Å²) >= 11 is 0. The fraction of sp³-hybridized carbons (Fsp3) is 0.211. The third kappa shape index (κ3) is 2.97. The Morgan fingerprint density at radius 1 is 1.17 bits per heavy atom. The van der Waals surface area contributed by atoms with E-state index in [1.165, 1.54) is 6.07 Å². The van der Waals surface area contributed by atoms with Crippen molar-refractivity contribution >= 4 is 16.9 Å². The van der Waals surface area contributed by atoms with Crippen LogP contribution in [0.2, 0.25) is 0 Å². The highest BCUT2D eigenvalue weighted by Gasteiger charge is 2.19. The number of rotatable bonds is 4. The second-order valence-corrected chi connectivity index (χ2v) is 5.69. The van der Waals surface area contributed by atoms with Gasteiger partial charge in [-0.05, 0) is 24.5 Å². The maximum Gasteiger partial charge on any atom is 0.287 e. The largest absolute Gasteiger partial charge is 0.448 e. The first kappa shape index (κ1) is 15.3. The summed E-state index contributed by atoms with van der Waals surface area (Å²) in [5, 5.41) is 3.49. The lowest BCUT2D eigenvalue weighted by atomic mass is 10.0. The van der Waals surface area contributed by atoms with Gasteiger partial charge in [-0.1, -0.05) is 49.4 Å². The number of carbonyl (C=O) groups excluding carboxylic acids is 1. The number of halogens is 1. The minimum atomic E-state index is -0.456. The van der Waals surface area contributed by atoms with Gasteiger partial charge in [0.25, 0.3) is 5.91 Å². The molecule has 0 aliphatic carbocycles. The van der Waals surface area contributed by atoms with Crippen LogP contribution < -0.4 is 5.32 Å². The number of amides is 1. The van der Waals surface area contributed by atoms with Crippen molar-refractivity contribution in [3.05, 3.63) is 71.2 Å². The van der Waals surface area contributed by atoms with Crippen LogP contribution in [0.5, 0.6) is 0 Å². The van der Waals surface area contributed by atoms with E-state index in [1.54, 1.807) is 19.1 Å². The Balaban J connectivity index is 1.76. The Morgan fingerprint density at radius 3 is 2.61 bits per heavy atom. The zero-order valence-corrected chi connectivity index (χ0v) is 13.1. The van der Waals surface area contributed by atoms with Crippen LogP contribution in [0.1, 0.15) is 34.5 Å². The molecule has 0 aliphatic rings. The minimum Gasteiger partial charge on any atom is -0.448 e. The zero-order valence-electron chi connectivity index (χ0n) is 13.1. The molecule has 0 saturated carbocycles. The molecule has 0 radical (unpaired) electrons. The van der Waals surface area contributed by atoms with Gasteiger partial charge in [-0.2, -0.15) is 0 Å². The Morgan fingerprint density at radius 2 is 1.91 bits per heavy atom. The van der Waals surface area contributed by atoms with Gasteiger partial charge in [0, 0.05) is 17.5 Å². The Kier molecular flexibility index (Phi) is 4.15. The molecule has 1 atom stereocenters. The van der Waals surface area contributed by atoms with Crippen LogP contribution in [0.3, 0.4) is 0 Å². The molecule has 4 heteroatoms. The van der Waals surface area contributed by atoms with Crippen LogP contribution in [-0.2, 0) is 0 Å². The molecule has 118 valence electrons. The van der Waals surface area contributed by atoms with Crippen molar-refractivity contribution < 1.29 is 13.6 Å². The molecule has 1 heterocycles. The van der Waals surface area contributed by atoms with E-state index in [2.05, 4.69) is 5.32 Å². The van der Waals surface area contributed by atoms with E-state index in [9.17, 15) is 9.18 Å². The minimum absolute atomic E-state index is 0.131. The number of hydrogen-bond acceptors (Lipinski definition) is 2. The molecule has 3 aromatic rings. The Labute approximate surface area is 134 Å². The molecule has 1 aromatic heterocycles.